The largest absolute Gasteiger partial charge is 0.431 e. The fraction of sp³-hybridized carbons (Fsp3) is 0. The minimum Gasteiger partial charge on any atom is -0.431 e. The summed E-state index contributed by atoms with van der Waals surface area (Å²) < 4.78 is 7.72. The number of hydrogen-bond donors (Lipinski definition) is 1. The minimum atomic E-state index is 0.619. The molecule has 3 nitrogen and oxygen atoms in total. The summed E-state index contributed by atoms with van der Waals surface area (Å²) in [5.41, 5.74) is 7.36. The Balaban J connectivity index is 1.96. The Morgan fingerprint density at radius 1 is 1.17 bits per heavy atom. The van der Waals surface area contributed by atoms with Crippen LogP contribution in [-0.4, -0.2) is 4.98 Å². The zero-order valence-electron chi connectivity index (χ0n) is 9.26. The second-order valence-corrected chi connectivity index (χ2v) is 5.68. The zero-order chi connectivity index (χ0) is 12.5. The predicted molar refractivity (Wildman–Crippen MR) is 78.2 cm³/mol. The summed E-state index contributed by atoms with van der Waals surface area (Å²) >= 11 is 4.90. The molecule has 0 amide bonds. The van der Waals surface area contributed by atoms with Crippen molar-refractivity contribution in [3.8, 4) is 10.9 Å². The van der Waals surface area contributed by atoms with Gasteiger partial charge in [-0.1, -0.05) is 39.4 Å². The van der Waals surface area contributed by atoms with Crippen molar-refractivity contribution in [3.63, 3.8) is 0 Å². The van der Waals surface area contributed by atoms with Gasteiger partial charge in [-0.2, -0.15) is 0 Å². The number of aromatic nitrogens is 1. The molecule has 0 radical (unpaired) electrons. The predicted octanol–water partition coefficient (Wildman–Crippen LogP) is 4.43. The molecule has 0 aliphatic carbocycles. The van der Waals surface area contributed by atoms with E-state index in [1.165, 1.54) is 11.3 Å². The van der Waals surface area contributed by atoms with Crippen LogP contribution in [0.1, 0.15) is 0 Å². The first-order valence-corrected chi connectivity index (χ1v) is 6.91. The molecule has 3 aromatic rings. The van der Waals surface area contributed by atoms with E-state index in [2.05, 4.69) is 20.9 Å². The number of nitrogen functional groups attached to an aromatic ring is 1. The monoisotopic (exact) mass is 320 g/mol. The highest BCUT2D eigenvalue weighted by atomic mass is 79.9. The molecule has 3 rings (SSSR count). The molecule has 0 bridgehead atoms. The van der Waals surface area contributed by atoms with E-state index in [9.17, 15) is 0 Å². The van der Waals surface area contributed by atoms with Crippen molar-refractivity contribution in [2.45, 2.75) is 0 Å². The maximum Gasteiger partial charge on any atom is 0.279 e. The number of nitrogens with zero attached hydrogens (tertiary/aromatic N) is 1. The molecule has 0 saturated heterocycles. The van der Waals surface area contributed by atoms with Crippen molar-refractivity contribution in [1.82, 2.24) is 4.98 Å². The summed E-state index contributed by atoms with van der Waals surface area (Å²) in [5.74, 6) is 0.681. The smallest absolute Gasteiger partial charge is 0.279 e. The zero-order valence-corrected chi connectivity index (χ0v) is 11.7. The highest BCUT2D eigenvalue weighted by Gasteiger charge is 2.06. The van der Waals surface area contributed by atoms with Crippen LogP contribution in [0, 0.1) is 0 Å². The van der Waals surface area contributed by atoms with Gasteiger partial charge in [0.1, 0.15) is 5.75 Å². The lowest BCUT2D eigenvalue weighted by Crippen LogP contribution is -1.88. The molecule has 0 fully saturated rings. The van der Waals surface area contributed by atoms with Gasteiger partial charge in [-0.25, -0.2) is 4.98 Å². The van der Waals surface area contributed by atoms with Gasteiger partial charge >= 0.3 is 0 Å². The van der Waals surface area contributed by atoms with Crippen molar-refractivity contribution in [2.75, 3.05) is 5.73 Å². The van der Waals surface area contributed by atoms with E-state index in [1.54, 1.807) is 6.07 Å². The SMILES string of the molecule is Nc1cc(Br)cc(Oc2nc3ccccc3s2)c1. The second-order valence-electron chi connectivity index (χ2n) is 3.77. The molecule has 0 atom stereocenters. The van der Waals surface area contributed by atoms with Crippen LogP contribution in [0.15, 0.2) is 46.9 Å². The van der Waals surface area contributed by atoms with E-state index in [4.69, 9.17) is 10.5 Å². The molecule has 5 heteroatoms. The van der Waals surface area contributed by atoms with E-state index >= 15 is 0 Å². The fourth-order valence-electron chi connectivity index (χ4n) is 1.64. The Morgan fingerprint density at radius 2 is 2.00 bits per heavy atom. The van der Waals surface area contributed by atoms with Gasteiger partial charge in [0.2, 0.25) is 0 Å². The Hall–Kier alpha value is -1.59. The van der Waals surface area contributed by atoms with Gasteiger partial charge in [-0.15, -0.1) is 0 Å². The number of halogens is 1. The van der Waals surface area contributed by atoms with Gasteiger partial charge < -0.3 is 10.5 Å². The topological polar surface area (TPSA) is 48.1 Å². The number of nitrogens with two attached hydrogens (primary N) is 1. The minimum absolute atomic E-state index is 0.619. The third-order valence-electron chi connectivity index (χ3n) is 2.37. The summed E-state index contributed by atoms with van der Waals surface area (Å²) in [6, 6.07) is 13.4. The molecule has 2 N–H and O–H groups in total. The molecule has 0 spiro atoms. The third kappa shape index (κ3) is 2.32. The summed E-state index contributed by atoms with van der Waals surface area (Å²) in [7, 11) is 0. The first-order chi connectivity index (χ1) is 8.70. The normalized spacial score (nSPS) is 10.7. The summed E-state index contributed by atoms with van der Waals surface area (Å²) in [5, 5.41) is 0.619. The van der Waals surface area contributed by atoms with Gasteiger partial charge in [0.05, 0.1) is 10.2 Å². The van der Waals surface area contributed by atoms with Crippen molar-refractivity contribution in [3.05, 3.63) is 46.9 Å². The quantitative estimate of drug-likeness (QED) is 0.710. The number of fused-ring (bicyclic) bond motifs is 1. The average molecular weight is 321 g/mol. The highest BCUT2D eigenvalue weighted by molar-refractivity contribution is 9.10. The lowest BCUT2D eigenvalue weighted by molar-refractivity contribution is 0.480. The van der Waals surface area contributed by atoms with Gasteiger partial charge in [0, 0.05) is 16.2 Å². The standard InChI is InChI=1S/C13H9BrN2OS/c14-8-5-9(15)7-10(6-8)17-13-16-11-3-1-2-4-12(11)18-13/h1-7H,15H2. The van der Waals surface area contributed by atoms with Crippen LogP contribution in [0.25, 0.3) is 10.2 Å². The first kappa shape index (κ1) is 11.5. The average Bonchev–Trinajstić information content (AvgIpc) is 2.69. The van der Waals surface area contributed by atoms with E-state index in [0.717, 1.165) is 14.7 Å². The van der Waals surface area contributed by atoms with Crippen LogP contribution < -0.4 is 10.5 Å². The molecule has 0 saturated carbocycles. The molecule has 18 heavy (non-hydrogen) atoms. The number of hydrogen-bond acceptors (Lipinski definition) is 4. The number of anilines is 1. The Labute approximate surface area is 116 Å². The van der Waals surface area contributed by atoms with Crippen molar-refractivity contribution in [1.29, 1.82) is 0 Å². The van der Waals surface area contributed by atoms with Gasteiger partial charge in [-0.3, -0.25) is 0 Å². The van der Waals surface area contributed by atoms with Crippen LogP contribution in [-0.2, 0) is 0 Å². The maximum absolute atomic E-state index is 5.76. The van der Waals surface area contributed by atoms with E-state index < -0.39 is 0 Å². The van der Waals surface area contributed by atoms with Crippen LogP contribution in [0.3, 0.4) is 0 Å². The van der Waals surface area contributed by atoms with Crippen molar-refractivity contribution >= 4 is 43.2 Å². The summed E-state index contributed by atoms with van der Waals surface area (Å²) in [6.45, 7) is 0. The second kappa shape index (κ2) is 4.59. The van der Waals surface area contributed by atoms with Crippen molar-refractivity contribution < 1.29 is 4.74 Å². The number of para-hydroxylation sites is 1. The molecule has 0 unspecified atom stereocenters. The van der Waals surface area contributed by atoms with Crippen LogP contribution in [0.4, 0.5) is 5.69 Å². The van der Waals surface area contributed by atoms with Crippen molar-refractivity contribution in [2.24, 2.45) is 0 Å². The maximum atomic E-state index is 5.76. The molecule has 0 aliphatic heterocycles. The van der Waals surface area contributed by atoms with Crippen LogP contribution in [0.2, 0.25) is 0 Å². The number of benzene rings is 2. The Bertz CT molecular complexity index is 658. The third-order valence-corrected chi connectivity index (χ3v) is 3.75. The lowest BCUT2D eigenvalue weighted by Gasteiger charge is -2.03. The molecular weight excluding hydrogens is 312 g/mol. The molecule has 1 aromatic heterocycles. The first-order valence-electron chi connectivity index (χ1n) is 5.30. The van der Waals surface area contributed by atoms with Gasteiger partial charge in [0.25, 0.3) is 5.19 Å². The number of thiazole rings is 1. The fourth-order valence-corrected chi connectivity index (χ4v) is 2.96. The number of ether oxygens (including phenoxy) is 1. The van der Waals surface area contributed by atoms with Gasteiger partial charge in [-0.05, 0) is 24.3 Å². The number of rotatable bonds is 2. The molecule has 2 aromatic carbocycles. The van der Waals surface area contributed by atoms with Gasteiger partial charge in [0.15, 0.2) is 0 Å². The molecular formula is C13H9BrN2OS. The Kier molecular flexibility index (Phi) is 2.93. The molecule has 90 valence electrons. The highest BCUT2D eigenvalue weighted by Crippen LogP contribution is 2.32. The lowest BCUT2D eigenvalue weighted by atomic mass is 10.3. The van der Waals surface area contributed by atoms with Crippen LogP contribution >= 0.6 is 27.3 Å². The van der Waals surface area contributed by atoms with E-state index in [0.29, 0.717) is 16.6 Å². The molecule has 0 aliphatic rings. The van der Waals surface area contributed by atoms with E-state index in [1.807, 2.05) is 36.4 Å². The summed E-state index contributed by atoms with van der Waals surface area (Å²) in [4.78, 5) is 4.41. The van der Waals surface area contributed by atoms with E-state index in [-0.39, 0.29) is 0 Å². The Morgan fingerprint density at radius 3 is 2.78 bits per heavy atom. The summed E-state index contributed by atoms with van der Waals surface area (Å²) in [6.07, 6.45) is 0. The van der Waals surface area contributed by atoms with Crippen LogP contribution in [0.5, 0.6) is 10.9 Å². The molecule has 1 heterocycles.